The smallest absolute Gasteiger partial charge is 0.330 e. The number of hydrogen-bond donors (Lipinski definition) is 1. The van der Waals surface area contributed by atoms with Gasteiger partial charge in [0.1, 0.15) is 18.4 Å². The fourth-order valence-electron chi connectivity index (χ4n) is 1.30. The van der Waals surface area contributed by atoms with Crippen LogP contribution >= 0.6 is 0 Å². The summed E-state index contributed by atoms with van der Waals surface area (Å²) in [5.41, 5.74) is -0.193. The normalized spacial score (nSPS) is 11.7. The molecule has 9 heteroatoms. The summed E-state index contributed by atoms with van der Waals surface area (Å²) in [5.74, 6) is -1.06. The molecule has 1 N–H and O–H groups in total. The first-order valence-electron chi connectivity index (χ1n) is 4.95. The molecule has 0 saturated carbocycles. The first kappa shape index (κ1) is 13.6. The van der Waals surface area contributed by atoms with Crippen molar-refractivity contribution in [3.05, 3.63) is 22.5 Å². The van der Waals surface area contributed by atoms with Gasteiger partial charge in [-0.1, -0.05) is 0 Å². The zero-order valence-corrected chi connectivity index (χ0v) is 9.82. The molecule has 1 atom stereocenters. The first-order chi connectivity index (χ1) is 8.43. The quantitative estimate of drug-likeness (QED) is 0.430. The Balaban J connectivity index is 2.78. The Morgan fingerprint density at radius 3 is 2.78 bits per heavy atom. The van der Waals surface area contributed by atoms with Gasteiger partial charge in [0.25, 0.3) is 0 Å². The molecule has 1 rings (SSSR count). The highest BCUT2D eigenvalue weighted by Gasteiger charge is 2.22. The second-order valence-corrected chi connectivity index (χ2v) is 3.45. The van der Waals surface area contributed by atoms with Gasteiger partial charge < -0.3 is 10.1 Å². The highest BCUT2D eigenvalue weighted by atomic mass is 16.6. The van der Waals surface area contributed by atoms with Crippen LogP contribution in [0, 0.1) is 10.1 Å². The first-order valence-corrected chi connectivity index (χ1v) is 4.95. The minimum atomic E-state index is -0.938. The van der Waals surface area contributed by atoms with Gasteiger partial charge >= 0.3 is 11.7 Å². The average Bonchev–Trinajstić information content (AvgIpc) is 2.75. The van der Waals surface area contributed by atoms with Crippen molar-refractivity contribution in [3.8, 4) is 0 Å². The van der Waals surface area contributed by atoms with Gasteiger partial charge in [0, 0.05) is 6.92 Å². The van der Waals surface area contributed by atoms with Crippen LogP contribution in [-0.4, -0.2) is 39.7 Å². The van der Waals surface area contributed by atoms with E-state index in [0.717, 1.165) is 12.4 Å². The van der Waals surface area contributed by atoms with Crippen LogP contribution in [0.4, 0.5) is 5.69 Å². The Labute approximate surface area is 102 Å². The third-order valence-corrected chi connectivity index (χ3v) is 2.06. The summed E-state index contributed by atoms with van der Waals surface area (Å²) in [4.78, 5) is 32.2. The molecule has 0 aliphatic heterocycles. The maximum Gasteiger partial charge on any atom is 0.330 e. The van der Waals surface area contributed by atoms with Crippen LogP contribution in [-0.2, 0) is 20.9 Å². The van der Waals surface area contributed by atoms with E-state index in [1.165, 1.54) is 18.7 Å². The molecule has 0 spiro atoms. The van der Waals surface area contributed by atoms with E-state index in [1.807, 2.05) is 0 Å². The van der Waals surface area contributed by atoms with Crippen LogP contribution in [0.1, 0.15) is 6.92 Å². The standard InChI is InChI=1S/C9H12N4O5/c1-6(14)11-8(9(15)18-2)5-12-4-7(3-10-12)13(16)17/h3-4,8H,5H2,1-2H3,(H,11,14). The molecule has 0 radical (unpaired) electrons. The maximum atomic E-state index is 11.4. The van der Waals surface area contributed by atoms with Gasteiger partial charge in [-0.3, -0.25) is 19.6 Å². The van der Waals surface area contributed by atoms with Crippen LogP contribution in [0.2, 0.25) is 0 Å². The zero-order valence-electron chi connectivity index (χ0n) is 9.82. The van der Waals surface area contributed by atoms with Crippen molar-refractivity contribution >= 4 is 17.6 Å². The number of aromatic nitrogens is 2. The third-order valence-electron chi connectivity index (χ3n) is 2.06. The number of ether oxygens (including phenoxy) is 1. The van der Waals surface area contributed by atoms with Crippen LogP contribution in [0.5, 0.6) is 0 Å². The Morgan fingerprint density at radius 1 is 1.67 bits per heavy atom. The van der Waals surface area contributed by atoms with Crippen molar-refractivity contribution in [1.29, 1.82) is 0 Å². The lowest BCUT2D eigenvalue weighted by atomic mass is 10.3. The van der Waals surface area contributed by atoms with Crippen molar-refractivity contribution in [3.63, 3.8) is 0 Å². The van der Waals surface area contributed by atoms with Gasteiger partial charge in [-0.2, -0.15) is 5.10 Å². The summed E-state index contributed by atoms with van der Waals surface area (Å²) < 4.78 is 5.70. The lowest BCUT2D eigenvalue weighted by molar-refractivity contribution is -0.385. The number of amides is 1. The molecule has 0 bridgehead atoms. The molecular formula is C9H12N4O5. The molecular weight excluding hydrogens is 244 g/mol. The largest absolute Gasteiger partial charge is 0.467 e. The van der Waals surface area contributed by atoms with Gasteiger partial charge in [-0.15, -0.1) is 0 Å². The van der Waals surface area contributed by atoms with E-state index < -0.39 is 22.8 Å². The zero-order chi connectivity index (χ0) is 13.7. The number of nitro groups is 1. The number of carbonyl (C=O) groups is 2. The molecule has 0 aliphatic carbocycles. The van der Waals surface area contributed by atoms with Gasteiger partial charge in [0.2, 0.25) is 5.91 Å². The van der Waals surface area contributed by atoms with E-state index >= 15 is 0 Å². The molecule has 0 saturated heterocycles. The Morgan fingerprint density at radius 2 is 2.33 bits per heavy atom. The molecule has 18 heavy (non-hydrogen) atoms. The second-order valence-electron chi connectivity index (χ2n) is 3.45. The highest BCUT2D eigenvalue weighted by Crippen LogP contribution is 2.08. The lowest BCUT2D eigenvalue weighted by Crippen LogP contribution is -2.43. The molecule has 0 fully saturated rings. The van der Waals surface area contributed by atoms with E-state index in [-0.39, 0.29) is 12.2 Å². The fourth-order valence-corrected chi connectivity index (χ4v) is 1.30. The number of carbonyl (C=O) groups excluding carboxylic acids is 2. The van der Waals surface area contributed by atoms with E-state index in [4.69, 9.17) is 0 Å². The third kappa shape index (κ3) is 3.54. The van der Waals surface area contributed by atoms with Crippen molar-refractivity contribution in [2.75, 3.05) is 7.11 Å². The van der Waals surface area contributed by atoms with Gasteiger partial charge in [-0.25, -0.2) is 4.79 Å². The number of hydrogen-bond acceptors (Lipinski definition) is 6. The maximum absolute atomic E-state index is 11.4. The number of esters is 1. The summed E-state index contributed by atoms with van der Waals surface area (Å²) in [5, 5.41) is 16.5. The average molecular weight is 256 g/mol. The van der Waals surface area contributed by atoms with E-state index in [2.05, 4.69) is 15.2 Å². The van der Waals surface area contributed by atoms with Gasteiger partial charge in [-0.05, 0) is 0 Å². The molecule has 1 amide bonds. The second kappa shape index (κ2) is 5.75. The number of nitrogens with one attached hydrogen (secondary N) is 1. The molecule has 98 valence electrons. The van der Waals surface area contributed by atoms with E-state index in [0.29, 0.717) is 0 Å². The summed E-state index contributed by atoms with van der Waals surface area (Å²) in [6.45, 7) is 1.21. The molecule has 9 nitrogen and oxygen atoms in total. The van der Waals surface area contributed by atoms with E-state index in [1.54, 1.807) is 0 Å². The SMILES string of the molecule is COC(=O)C(Cn1cc([N+](=O)[O-])cn1)NC(C)=O. The number of nitrogens with zero attached hydrogens (tertiary/aromatic N) is 3. The van der Waals surface area contributed by atoms with Gasteiger partial charge in [0.05, 0.1) is 18.6 Å². The number of rotatable bonds is 5. The van der Waals surface area contributed by atoms with Crippen molar-refractivity contribution in [2.24, 2.45) is 0 Å². The van der Waals surface area contributed by atoms with Crippen LogP contribution in [0.15, 0.2) is 12.4 Å². The molecule has 1 unspecified atom stereocenters. The Hall–Kier alpha value is -2.45. The van der Waals surface area contributed by atoms with Crippen LogP contribution in [0.3, 0.4) is 0 Å². The van der Waals surface area contributed by atoms with E-state index in [9.17, 15) is 19.7 Å². The molecule has 1 aromatic rings. The topological polar surface area (TPSA) is 116 Å². The summed E-state index contributed by atoms with van der Waals surface area (Å²) in [6, 6.07) is -0.938. The highest BCUT2D eigenvalue weighted by molar-refractivity contribution is 5.83. The van der Waals surface area contributed by atoms with Crippen molar-refractivity contribution < 1.29 is 19.2 Å². The van der Waals surface area contributed by atoms with Crippen LogP contribution < -0.4 is 5.32 Å². The summed E-state index contributed by atoms with van der Waals surface area (Å²) in [7, 11) is 1.18. The monoisotopic (exact) mass is 256 g/mol. The predicted molar refractivity (Wildman–Crippen MR) is 58.5 cm³/mol. The Bertz CT molecular complexity index is 469. The summed E-state index contributed by atoms with van der Waals surface area (Å²) in [6.07, 6.45) is 2.22. The van der Waals surface area contributed by atoms with Crippen molar-refractivity contribution in [2.45, 2.75) is 19.5 Å². The molecule has 0 aromatic carbocycles. The van der Waals surface area contributed by atoms with Crippen LogP contribution in [0.25, 0.3) is 0 Å². The fraction of sp³-hybridized carbons (Fsp3) is 0.444. The van der Waals surface area contributed by atoms with Crippen molar-refractivity contribution in [1.82, 2.24) is 15.1 Å². The minimum Gasteiger partial charge on any atom is -0.467 e. The molecule has 1 heterocycles. The predicted octanol–water partition coefficient (Wildman–Crippen LogP) is -0.531. The van der Waals surface area contributed by atoms with Gasteiger partial charge in [0.15, 0.2) is 0 Å². The summed E-state index contributed by atoms with van der Waals surface area (Å²) >= 11 is 0. The molecule has 0 aliphatic rings. The molecule has 1 aromatic heterocycles. The number of methoxy groups -OCH3 is 1. The lowest BCUT2D eigenvalue weighted by Gasteiger charge is -2.14. The minimum absolute atomic E-state index is 0.0416. The Kier molecular flexibility index (Phi) is 4.35.